The van der Waals surface area contributed by atoms with Crippen molar-refractivity contribution in [2.75, 3.05) is 35.8 Å². The standard InChI is InChI=1S/C24H23F3N6O3S2/c1-16(33-8-6-17-2-3-18(14-20(17)33)24(25,26)27)22(34)32-11-9-31(10-12-32)21-5-4-19(15-29-21)38(35,36)30-23-28-7-13-37-23/h2-8,13-16H,9-12H2,1H3,(H,28,30). The van der Waals surface area contributed by atoms with Crippen molar-refractivity contribution in [1.82, 2.24) is 19.4 Å². The lowest BCUT2D eigenvalue weighted by molar-refractivity contribution is -0.137. The number of sulfonamides is 1. The van der Waals surface area contributed by atoms with E-state index in [0.29, 0.717) is 42.9 Å². The molecule has 9 nitrogen and oxygen atoms in total. The third kappa shape index (κ3) is 5.18. The van der Waals surface area contributed by atoms with E-state index in [1.807, 2.05) is 4.90 Å². The minimum atomic E-state index is -4.47. The van der Waals surface area contributed by atoms with Gasteiger partial charge in [-0.25, -0.2) is 18.4 Å². The zero-order valence-electron chi connectivity index (χ0n) is 20.1. The maximum atomic E-state index is 13.2. The van der Waals surface area contributed by atoms with Crippen molar-refractivity contribution in [2.45, 2.75) is 24.0 Å². The smallest absolute Gasteiger partial charge is 0.353 e. The summed E-state index contributed by atoms with van der Waals surface area (Å²) in [6.45, 7) is 3.40. The Labute approximate surface area is 220 Å². The fourth-order valence-corrected chi connectivity index (χ4v) is 6.10. The second-order valence-corrected chi connectivity index (χ2v) is 11.4. The van der Waals surface area contributed by atoms with Gasteiger partial charge in [0.2, 0.25) is 5.91 Å². The summed E-state index contributed by atoms with van der Waals surface area (Å²) in [6.07, 6.45) is -0.0652. The van der Waals surface area contributed by atoms with Crippen molar-refractivity contribution in [3.8, 4) is 0 Å². The van der Waals surface area contributed by atoms with Gasteiger partial charge in [0.1, 0.15) is 16.8 Å². The molecule has 1 N–H and O–H groups in total. The summed E-state index contributed by atoms with van der Waals surface area (Å²) in [6, 6.07) is 7.59. The molecule has 14 heteroatoms. The lowest BCUT2D eigenvalue weighted by Gasteiger charge is -2.36. The van der Waals surface area contributed by atoms with Crippen molar-refractivity contribution in [3.63, 3.8) is 0 Å². The summed E-state index contributed by atoms with van der Waals surface area (Å²) in [5.74, 6) is 0.386. The zero-order chi connectivity index (χ0) is 27.1. The van der Waals surface area contributed by atoms with Crippen LogP contribution in [-0.4, -0.2) is 59.9 Å². The van der Waals surface area contributed by atoms with Crippen LogP contribution in [0.5, 0.6) is 0 Å². The molecule has 1 unspecified atom stereocenters. The first-order chi connectivity index (χ1) is 18.0. The Hall–Kier alpha value is -3.65. The molecule has 4 heterocycles. The first kappa shape index (κ1) is 26.0. The van der Waals surface area contributed by atoms with Gasteiger partial charge in [-0.2, -0.15) is 13.2 Å². The maximum absolute atomic E-state index is 13.2. The number of amides is 1. The second kappa shape index (κ2) is 9.91. The molecular weight excluding hydrogens is 541 g/mol. The lowest BCUT2D eigenvalue weighted by atomic mass is 10.1. The molecule has 0 spiro atoms. The van der Waals surface area contributed by atoms with Gasteiger partial charge in [0.15, 0.2) is 5.13 Å². The molecule has 5 rings (SSSR count). The van der Waals surface area contributed by atoms with E-state index >= 15 is 0 Å². The predicted molar refractivity (Wildman–Crippen MR) is 138 cm³/mol. The highest BCUT2D eigenvalue weighted by atomic mass is 32.2. The molecule has 38 heavy (non-hydrogen) atoms. The number of aromatic nitrogens is 3. The number of hydrogen-bond donors (Lipinski definition) is 1. The Balaban J connectivity index is 1.23. The predicted octanol–water partition coefficient (Wildman–Crippen LogP) is 4.22. The monoisotopic (exact) mass is 564 g/mol. The number of carbonyl (C=O) groups is 1. The molecule has 4 aromatic rings. The first-order valence-corrected chi connectivity index (χ1v) is 14.0. The fourth-order valence-electron chi connectivity index (χ4n) is 4.37. The van der Waals surface area contributed by atoms with Crippen LogP contribution in [0.1, 0.15) is 18.5 Å². The summed E-state index contributed by atoms with van der Waals surface area (Å²) in [5, 5.41) is 2.55. The molecule has 1 aromatic carbocycles. The number of thiazole rings is 1. The molecule has 0 saturated carbocycles. The largest absolute Gasteiger partial charge is 0.416 e. The number of benzene rings is 1. The number of halogens is 3. The average Bonchev–Trinajstić information content (AvgIpc) is 3.56. The molecule has 3 aromatic heterocycles. The van der Waals surface area contributed by atoms with Crippen LogP contribution in [0.4, 0.5) is 24.1 Å². The first-order valence-electron chi connectivity index (χ1n) is 11.6. The van der Waals surface area contributed by atoms with E-state index in [4.69, 9.17) is 0 Å². The van der Waals surface area contributed by atoms with Gasteiger partial charge in [0.25, 0.3) is 10.0 Å². The number of nitrogens with one attached hydrogen (secondary N) is 1. The highest BCUT2D eigenvalue weighted by Crippen LogP contribution is 2.33. The van der Waals surface area contributed by atoms with E-state index in [0.717, 1.165) is 12.1 Å². The topological polar surface area (TPSA) is 100 Å². The number of pyridine rings is 1. The Morgan fingerprint density at radius 3 is 2.47 bits per heavy atom. The Morgan fingerprint density at radius 2 is 1.84 bits per heavy atom. The Bertz CT molecular complexity index is 1550. The van der Waals surface area contributed by atoms with Crippen LogP contribution < -0.4 is 9.62 Å². The second-order valence-electron chi connectivity index (χ2n) is 8.78. The van der Waals surface area contributed by atoms with Gasteiger partial charge < -0.3 is 14.4 Å². The SMILES string of the molecule is CC(C(=O)N1CCN(c2ccc(S(=O)(=O)Nc3nccs3)cn2)CC1)n1ccc2ccc(C(F)(F)F)cc21. The Kier molecular flexibility index (Phi) is 6.77. The van der Waals surface area contributed by atoms with E-state index in [1.54, 1.807) is 40.1 Å². The van der Waals surface area contributed by atoms with Gasteiger partial charge in [-0.3, -0.25) is 9.52 Å². The van der Waals surface area contributed by atoms with Gasteiger partial charge in [0.05, 0.1) is 5.56 Å². The van der Waals surface area contributed by atoms with Crippen LogP contribution in [-0.2, 0) is 21.0 Å². The zero-order valence-corrected chi connectivity index (χ0v) is 21.7. The number of alkyl halides is 3. The molecule has 0 bridgehead atoms. The number of fused-ring (bicyclic) bond motifs is 1. The number of piperazine rings is 1. The van der Waals surface area contributed by atoms with Crippen LogP contribution in [0.3, 0.4) is 0 Å². The third-order valence-corrected chi connectivity index (χ3v) is 8.57. The average molecular weight is 565 g/mol. The molecular formula is C24H23F3N6O3S2. The normalized spacial score (nSPS) is 15.6. The molecule has 1 amide bonds. The van der Waals surface area contributed by atoms with E-state index < -0.39 is 27.8 Å². The van der Waals surface area contributed by atoms with E-state index in [1.165, 1.54) is 35.9 Å². The van der Waals surface area contributed by atoms with Crippen LogP contribution in [0.25, 0.3) is 10.9 Å². The van der Waals surface area contributed by atoms with Crippen LogP contribution in [0, 0.1) is 0 Å². The number of rotatable bonds is 6. The molecule has 1 saturated heterocycles. The summed E-state index contributed by atoms with van der Waals surface area (Å²) in [7, 11) is -3.81. The van der Waals surface area contributed by atoms with E-state index in [-0.39, 0.29) is 15.9 Å². The molecule has 1 aliphatic heterocycles. The molecule has 1 aliphatic rings. The minimum Gasteiger partial charge on any atom is -0.353 e. The van der Waals surface area contributed by atoms with Crippen LogP contribution >= 0.6 is 11.3 Å². The van der Waals surface area contributed by atoms with Gasteiger partial charge in [-0.1, -0.05) is 6.07 Å². The van der Waals surface area contributed by atoms with Crippen molar-refractivity contribution in [3.05, 3.63) is 65.9 Å². The van der Waals surface area contributed by atoms with E-state index in [2.05, 4.69) is 14.7 Å². The van der Waals surface area contributed by atoms with Crippen molar-refractivity contribution in [2.24, 2.45) is 0 Å². The summed E-state index contributed by atoms with van der Waals surface area (Å²) >= 11 is 1.17. The number of hydrogen-bond acceptors (Lipinski definition) is 7. The Morgan fingerprint density at radius 1 is 1.08 bits per heavy atom. The summed E-state index contributed by atoms with van der Waals surface area (Å²) in [4.78, 5) is 25.1. The number of anilines is 2. The van der Waals surface area contributed by atoms with Crippen LogP contribution in [0.15, 0.2) is 65.3 Å². The molecule has 1 atom stereocenters. The van der Waals surface area contributed by atoms with Gasteiger partial charge in [-0.05, 0) is 42.6 Å². The van der Waals surface area contributed by atoms with Crippen molar-refractivity contribution < 1.29 is 26.4 Å². The molecule has 200 valence electrons. The van der Waals surface area contributed by atoms with Crippen molar-refractivity contribution in [1.29, 1.82) is 0 Å². The third-order valence-electron chi connectivity index (χ3n) is 6.43. The van der Waals surface area contributed by atoms with E-state index in [9.17, 15) is 26.4 Å². The molecule has 1 fully saturated rings. The summed E-state index contributed by atoms with van der Waals surface area (Å²) < 4.78 is 68.6. The van der Waals surface area contributed by atoms with Gasteiger partial charge >= 0.3 is 6.18 Å². The van der Waals surface area contributed by atoms with Gasteiger partial charge in [-0.15, -0.1) is 11.3 Å². The highest BCUT2D eigenvalue weighted by molar-refractivity contribution is 7.93. The number of carbonyl (C=O) groups excluding carboxylic acids is 1. The molecule has 0 radical (unpaired) electrons. The van der Waals surface area contributed by atoms with Crippen LogP contribution in [0.2, 0.25) is 0 Å². The minimum absolute atomic E-state index is 0.00622. The molecule has 0 aliphatic carbocycles. The number of nitrogens with zero attached hydrogens (tertiary/aromatic N) is 5. The quantitative estimate of drug-likeness (QED) is 0.377. The lowest BCUT2D eigenvalue weighted by Crippen LogP contribution is -2.50. The van der Waals surface area contributed by atoms with Crippen molar-refractivity contribution >= 4 is 49.1 Å². The summed E-state index contributed by atoms with van der Waals surface area (Å²) in [5.41, 5.74) is -0.411. The fraction of sp³-hybridized carbons (Fsp3) is 0.292. The van der Waals surface area contributed by atoms with Gasteiger partial charge in [0, 0.05) is 55.7 Å². The highest BCUT2D eigenvalue weighted by Gasteiger charge is 2.32. The maximum Gasteiger partial charge on any atom is 0.416 e.